The van der Waals surface area contributed by atoms with Crippen LogP contribution in [0.4, 0.5) is 5.69 Å². The number of benzene rings is 1. The second-order valence-electron chi connectivity index (χ2n) is 7.64. The van der Waals surface area contributed by atoms with Crippen LogP contribution in [0.15, 0.2) is 18.2 Å². The van der Waals surface area contributed by atoms with Crippen LogP contribution >= 0.6 is 12.4 Å². The van der Waals surface area contributed by atoms with Gasteiger partial charge < -0.3 is 20.7 Å². The van der Waals surface area contributed by atoms with Crippen molar-refractivity contribution in [3.63, 3.8) is 0 Å². The normalized spacial score (nSPS) is 22.1. The van der Waals surface area contributed by atoms with Crippen molar-refractivity contribution in [1.29, 1.82) is 0 Å². The third-order valence-electron chi connectivity index (χ3n) is 5.90. The van der Waals surface area contributed by atoms with Crippen molar-refractivity contribution in [1.82, 2.24) is 4.90 Å². The number of nitrogens with two attached hydrogens (primary N) is 1. The molecule has 1 aromatic carbocycles. The van der Waals surface area contributed by atoms with Crippen LogP contribution < -0.4 is 15.8 Å². The standard InChI is InChI=1S/C21H31N3O3.ClH/c1-27-19-10-9-15(21(26)24-11-4-2-3-5-12-24)13-18(19)23-20(25)17-8-6-7-16(17)14-22;/h9-10,13,16-17H,2-8,11-12,14,22H2,1H3,(H,23,25);1H/t16-,17-;/m1./s1. The van der Waals surface area contributed by atoms with Crippen molar-refractivity contribution < 1.29 is 14.3 Å². The van der Waals surface area contributed by atoms with E-state index in [0.717, 1.165) is 45.2 Å². The predicted molar refractivity (Wildman–Crippen MR) is 113 cm³/mol. The average molecular weight is 410 g/mol. The zero-order valence-electron chi connectivity index (χ0n) is 16.6. The third kappa shape index (κ3) is 5.17. The number of nitrogens with zero attached hydrogens (tertiary/aromatic N) is 1. The number of likely N-dealkylation sites (tertiary alicyclic amines) is 1. The lowest BCUT2D eigenvalue weighted by Crippen LogP contribution is -2.32. The van der Waals surface area contributed by atoms with Crippen molar-refractivity contribution in [2.75, 3.05) is 32.1 Å². The molecule has 0 unspecified atom stereocenters. The zero-order valence-corrected chi connectivity index (χ0v) is 17.4. The van der Waals surface area contributed by atoms with Gasteiger partial charge in [-0.05, 0) is 56.3 Å². The number of rotatable bonds is 5. The summed E-state index contributed by atoms with van der Waals surface area (Å²) in [6, 6.07) is 5.28. The molecule has 1 aromatic rings. The first kappa shape index (κ1) is 22.5. The summed E-state index contributed by atoms with van der Waals surface area (Å²) < 4.78 is 5.40. The molecular weight excluding hydrogens is 378 g/mol. The molecule has 1 heterocycles. The van der Waals surface area contributed by atoms with Crippen LogP contribution in [0.5, 0.6) is 5.75 Å². The molecule has 2 atom stereocenters. The van der Waals surface area contributed by atoms with Gasteiger partial charge in [0, 0.05) is 24.6 Å². The van der Waals surface area contributed by atoms with E-state index in [9.17, 15) is 9.59 Å². The molecule has 3 N–H and O–H groups in total. The first-order chi connectivity index (χ1) is 13.1. The van der Waals surface area contributed by atoms with Gasteiger partial charge in [0.2, 0.25) is 5.91 Å². The second-order valence-corrected chi connectivity index (χ2v) is 7.64. The minimum atomic E-state index is -0.0651. The first-order valence-electron chi connectivity index (χ1n) is 10.1. The largest absolute Gasteiger partial charge is 0.495 e. The molecule has 2 aliphatic rings. The molecule has 1 saturated carbocycles. The Balaban J connectivity index is 0.00000280. The molecule has 1 saturated heterocycles. The van der Waals surface area contributed by atoms with Gasteiger partial charge in [-0.15, -0.1) is 12.4 Å². The Morgan fingerprint density at radius 1 is 1.14 bits per heavy atom. The van der Waals surface area contributed by atoms with Crippen LogP contribution in [0, 0.1) is 11.8 Å². The monoisotopic (exact) mass is 409 g/mol. The fourth-order valence-corrected chi connectivity index (χ4v) is 4.28. The van der Waals surface area contributed by atoms with E-state index in [-0.39, 0.29) is 36.1 Å². The molecule has 0 spiro atoms. The highest BCUT2D eigenvalue weighted by Gasteiger charge is 2.32. The summed E-state index contributed by atoms with van der Waals surface area (Å²) in [5, 5.41) is 2.99. The number of methoxy groups -OCH3 is 1. The minimum absolute atomic E-state index is 0. The van der Waals surface area contributed by atoms with Crippen LogP contribution in [0.2, 0.25) is 0 Å². The summed E-state index contributed by atoms with van der Waals surface area (Å²) in [7, 11) is 1.57. The maximum absolute atomic E-state index is 12.9. The fraction of sp³-hybridized carbons (Fsp3) is 0.619. The number of carbonyl (C=O) groups is 2. The van der Waals surface area contributed by atoms with Crippen molar-refractivity contribution in [2.45, 2.75) is 44.9 Å². The Kier molecular flexibility index (Phi) is 8.58. The fourth-order valence-electron chi connectivity index (χ4n) is 4.28. The van der Waals surface area contributed by atoms with E-state index in [0.29, 0.717) is 23.5 Å². The number of hydrogen-bond donors (Lipinski definition) is 2. The van der Waals surface area contributed by atoms with Gasteiger partial charge in [0.25, 0.3) is 5.91 Å². The number of amides is 2. The third-order valence-corrected chi connectivity index (χ3v) is 5.90. The second kappa shape index (κ2) is 10.7. The molecule has 0 bridgehead atoms. The van der Waals surface area contributed by atoms with E-state index in [2.05, 4.69) is 5.32 Å². The Labute approximate surface area is 173 Å². The van der Waals surface area contributed by atoms with Crippen LogP contribution in [-0.4, -0.2) is 43.5 Å². The molecule has 7 heteroatoms. The molecule has 6 nitrogen and oxygen atoms in total. The van der Waals surface area contributed by atoms with Gasteiger partial charge in [0.15, 0.2) is 0 Å². The number of ether oxygens (including phenoxy) is 1. The lowest BCUT2D eigenvalue weighted by molar-refractivity contribution is -0.120. The SMILES string of the molecule is COc1ccc(C(=O)N2CCCCCC2)cc1NC(=O)[C@@H]1CCC[C@@H]1CN.Cl. The Morgan fingerprint density at radius 2 is 1.86 bits per heavy atom. The van der Waals surface area contributed by atoms with Gasteiger partial charge in [0.1, 0.15) is 5.75 Å². The van der Waals surface area contributed by atoms with E-state index in [1.165, 1.54) is 12.8 Å². The van der Waals surface area contributed by atoms with Gasteiger partial charge in [-0.25, -0.2) is 0 Å². The average Bonchev–Trinajstić information content (AvgIpc) is 3.01. The Morgan fingerprint density at radius 3 is 2.50 bits per heavy atom. The van der Waals surface area contributed by atoms with Crippen LogP contribution in [0.1, 0.15) is 55.3 Å². The quantitative estimate of drug-likeness (QED) is 0.780. The molecule has 156 valence electrons. The number of anilines is 1. The lowest BCUT2D eigenvalue weighted by atomic mass is 9.95. The molecule has 2 amide bonds. The topological polar surface area (TPSA) is 84.7 Å². The van der Waals surface area contributed by atoms with Crippen molar-refractivity contribution >= 4 is 29.9 Å². The van der Waals surface area contributed by atoms with Gasteiger partial charge in [-0.1, -0.05) is 19.3 Å². The van der Waals surface area contributed by atoms with Crippen LogP contribution in [-0.2, 0) is 4.79 Å². The molecule has 1 aliphatic heterocycles. The highest BCUT2D eigenvalue weighted by molar-refractivity contribution is 5.99. The Hall–Kier alpha value is -1.79. The van der Waals surface area contributed by atoms with Gasteiger partial charge >= 0.3 is 0 Å². The molecule has 2 fully saturated rings. The van der Waals surface area contributed by atoms with E-state index < -0.39 is 0 Å². The van der Waals surface area contributed by atoms with Gasteiger partial charge in [-0.2, -0.15) is 0 Å². The number of hydrogen-bond acceptors (Lipinski definition) is 4. The molecule has 0 radical (unpaired) electrons. The van der Waals surface area contributed by atoms with Gasteiger partial charge in [0.05, 0.1) is 12.8 Å². The summed E-state index contributed by atoms with van der Waals surface area (Å²) in [6.07, 6.45) is 7.35. The van der Waals surface area contributed by atoms with Crippen molar-refractivity contribution in [3.05, 3.63) is 23.8 Å². The maximum Gasteiger partial charge on any atom is 0.253 e. The number of carbonyl (C=O) groups excluding carboxylic acids is 2. The van der Waals surface area contributed by atoms with E-state index in [4.69, 9.17) is 10.5 Å². The van der Waals surface area contributed by atoms with Crippen LogP contribution in [0.3, 0.4) is 0 Å². The molecule has 0 aromatic heterocycles. The Bertz CT molecular complexity index is 675. The zero-order chi connectivity index (χ0) is 19.2. The van der Waals surface area contributed by atoms with E-state index in [1.807, 2.05) is 4.90 Å². The molecular formula is C21H32ClN3O3. The highest BCUT2D eigenvalue weighted by Crippen LogP contribution is 2.33. The molecule has 1 aliphatic carbocycles. The summed E-state index contributed by atoms with van der Waals surface area (Å²) >= 11 is 0. The first-order valence-corrected chi connectivity index (χ1v) is 10.1. The van der Waals surface area contributed by atoms with E-state index in [1.54, 1.807) is 25.3 Å². The van der Waals surface area contributed by atoms with Crippen molar-refractivity contribution in [2.24, 2.45) is 17.6 Å². The highest BCUT2D eigenvalue weighted by atomic mass is 35.5. The minimum Gasteiger partial charge on any atom is -0.495 e. The summed E-state index contributed by atoms with van der Waals surface area (Å²) in [4.78, 5) is 27.6. The summed E-state index contributed by atoms with van der Waals surface area (Å²) in [6.45, 7) is 2.13. The maximum atomic E-state index is 12.9. The predicted octanol–water partition coefficient (Wildman–Crippen LogP) is 3.45. The summed E-state index contributed by atoms with van der Waals surface area (Å²) in [5.41, 5.74) is 6.97. The smallest absolute Gasteiger partial charge is 0.253 e. The molecule has 3 rings (SSSR count). The molecule has 28 heavy (non-hydrogen) atoms. The van der Waals surface area contributed by atoms with Gasteiger partial charge in [-0.3, -0.25) is 9.59 Å². The summed E-state index contributed by atoms with van der Waals surface area (Å²) in [5.74, 6) is 0.733. The number of halogens is 1. The van der Waals surface area contributed by atoms with Crippen LogP contribution in [0.25, 0.3) is 0 Å². The van der Waals surface area contributed by atoms with Crippen molar-refractivity contribution in [3.8, 4) is 5.75 Å². The van der Waals surface area contributed by atoms with E-state index >= 15 is 0 Å². The lowest BCUT2D eigenvalue weighted by Gasteiger charge is -2.22. The number of nitrogens with one attached hydrogen (secondary N) is 1.